The number of carbonyl (C=O) groups excluding carboxylic acids is 2. The monoisotopic (exact) mass is 574 g/mol. The van der Waals surface area contributed by atoms with E-state index >= 15 is 0 Å². The van der Waals surface area contributed by atoms with Crippen molar-refractivity contribution in [1.29, 1.82) is 0 Å². The van der Waals surface area contributed by atoms with Crippen LogP contribution in [0.5, 0.6) is 17.2 Å². The molecule has 0 bridgehead atoms. The molecule has 0 atom stereocenters. The molecule has 1 saturated heterocycles. The van der Waals surface area contributed by atoms with Gasteiger partial charge in [-0.3, -0.25) is 14.5 Å². The molecule has 11 heteroatoms. The van der Waals surface area contributed by atoms with Gasteiger partial charge in [-0.05, 0) is 66.2 Å². The van der Waals surface area contributed by atoms with E-state index in [2.05, 4.69) is 5.32 Å². The first-order valence-electron chi connectivity index (χ1n) is 10.8. The zero-order chi connectivity index (χ0) is 26.5. The molecule has 2 amide bonds. The number of hydrogen-bond acceptors (Lipinski definition) is 7. The number of nitrogens with zero attached hydrogens (tertiary/aromatic N) is 1. The van der Waals surface area contributed by atoms with Crippen molar-refractivity contribution >= 4 is 80.8 Å². The summed E-state index contributed by atoms with van der Waals surface area (Å²) in [5.74, 6) is 0.819. The SMILES string of the molecule is COc1ccc(N2C(=O)/C(=C/c3ccc(OCC(=O)Nc4ccc(Cl)cc4Cl)c(OC)c3)SC2=S)cc1. The minimum Gasteiger partial charge on any atom is -0.497 e. The molecule has 37 heavy (non-hydrogen) atoms. The molecule has 1 aliphatic rings. The van der Waals surface area contributed by atoms with Crippen LogP contribution in [0.3, 0.4) is 0 Å². The molecule has 0 aliphatic carbocycles. The number of ether oxygens (including phenoxy) is 3. The largest absolute Gasteiger partial charge is 0.497 e. The summed E-state index contributed by atoms with van der Waals surface area (Å²) in [4.78, 5) is 27.3. The van der Waals surface area contributed by atoms with Crippen molar-refractivity contribution in [2.45, 2.75) is 0 Å². The van der Waals surface area contributed by atoms with E-state index in [9.17, 15) is 9.59 Å². The van der Waals surface area contributed by atoms with Gasteiger partial charge in [-0.15, -0.1) is 0 Å². The summed E-state index contributed by atoms with van der Waals surface area (Å²) in [5, 5.41) is 3.45. The lowest BCUT2D eigenvalue weighted by molar-refractivity contribution is -0.118. The van der Waals surface area contributed by atoms with E-state index in [1.165, 1.54) is 29.8 Å². The summed E-state index contributed by atoms with van der Waals surface area (Å²) in [7, 11) is 3.07. The number of halogens is 2. The van der Waals surface area contributed by atoms with Crippen molar-refractivity contribution < 1.29 is 23.8 Å². The molecule has 3 aromatic carbocycles. The van der Waals surface area contributed by atoms with Crippen molar-refractivity contribution in [1.82, 2.24) is 0 Å². The molecule has 1 fully saturated rings. The van der Waals surface area contributed by atoms with Gasteiger partial charge >= 0.3 is 0 Å². The Morgan fingerprint density at radius 3 is 2.46 bits per heavy atom. The fourth-order valence-electron chi connectivity index (χ4n) is 3.39. The second-order valence-corrected chi connectivity index (χ2v) is 10.1. The quantitative estimate of drug-likeness (QED) is 0.245. The average molecular weight is 575 g/mol. The maximum Gasteiger partial charge on any atom is 0.270 e. The number of amides is 2. The lowest BCUT2D eigenvalue weighted by Gasteiger charge is -2.14. The Kier molecular flexibility index (Phi) is 8.60. The van der Waals surface area contributed by atoms with Gasteiger partial charge in [0.15, 0.2) is 22.4 Å². The van der Waals surface area contributed by atoms with E-state index in [0.29, 0.717) is 53.5 Å². The van der Waals surface area contributed by atoms with Gasteiger partial charge < -0.3 is 19.5 Å². The number of hydrogen-bond donors (Lipinski definition) is 1. The highest BCUT2D eigenvalue weighted by molar-refractivity contribution is 8.27. The van der Waals surface area contributed by atoms with Gasteiger partial charge in [0, 0.05) is 5.02 Å². The molecular formula is C26H20Cl2N2O5S2. The highest BCUT2D eigenvalue weighted by Crippen LogP contribution is 2.37. The average Bonchev–Trinajstić information content (AvgIpc) is 3.17. The highest BCUT2D eigenvalue weighted by atomic mass is 35.5. The van der Waals surface area contributed by atoms with Crippen LogP contribution in [0.1, 0.15) is 5.56 Å². The molecule has 0 aromatic heterocycles. The van der Waals surface area contributed by atoms with Crippen molar-refractivity contribution in [3.8, 4) is 17.2 Å². The first-order chi connectivity index (χ1) is 17.8. The summed E-state index contributed by atoms with van der Waals surface area (Å²) in [6.45, 7) is -0.269. The Morgan fingerprint density at radius 2 is 1.78 bits per heavy atom. The van der Waals surface area contributed by atoms with Crippen molar-refractivity contribution in [3.63, 3.8) is 0 Å². The predicted molar refractivity (Wildman–Crippen MR) is 152 cm³/mol. The number of benzene rings is 3. The van der Waals surface area contributed by atoms with Crippen LogP contribution in [0.25, 0.3) is 6.08 Å². The van der Waals surface area contributed by atoms with Gasteiger partial charge in [-0.2, -0.15) is 0 Å². The molecular weight excluding hydrogens is 555 g/mol. The minimum absolute atomic E-state index is 0.225. The molecule has 0 unspecified atom stereocenters. The standard InChI is InChI=1S/C26H20Cl2N2O5S2/c1-33-18-7-5-17(6-8-18)30-25(32)23(37-26(30)36)12-15-3-10-21(22(11-15)34-2)35-14-24(31)29-20-9-4-16(27)13-19(20)28/h3-13H,14H2,1-2H3,(H,29,31)/b23-12-. The maximum atomic E-state index is 13.1. The molecule has 7 nitrogen and oxygen atoms in total. The third-order valence-electron chi connectivity index (χ3n) is 5.17. The van der Waals surface area contributed by atoms with E-state index in [4.69, 9.17) is 49.6 Å². The molecule has 0 radical (unpaired) electrons. The number of thioether (sulfide) groups is 1. The van der Waals surface area contributed by atoms with Gasteiger partial charge in [-0.25, -0.2) is 0 Å². The zero-order valence-electron chi connectivity index (χ0n) is 19.6. The lowest BCUT2D eigenvalue weighted by Crippen LogP contribution is -2.27. The molecule has 1 N–H and O–H groups in total. The van der Waals surface area contributed by atoms with E-state index in [0.717, 1.165) is 0 Å². The van der Waals surface area contributed by atoms with Crippen LogP contribution in [0, 0.1) is 0 Å². The molecule has 190 valence electrons. The lowest BCUT2D eigenvalue weighted by atomic mass is 10.1. The third kappa shape index (κ3) is 6.37. The van der Waals surface area contributed by atoms with Crippen LogP contribution in [0.4, 0.5) is 11.4 Å². The van der Waals surface area contributed by atoms with Crippen LogP contribution in [0.2, 0.25) is 10.0 Å². The number of carbonyl (C=O) groups is 2. The first kappa shape index (κ1) is 26.8. The summed E-state index contributed by atoms with van der Waals surface area (Å²) < 4.78 is 16.7. The van der Waals surface area contributed by atoms with Gasteiger partial charge in [0.1, 0.15) is 5.75 Å². The van der Waals surface area contributed by atoms with Gasteiger partial charge in [0.25, 0.3) is 11.8 Å². The number of anilines is 2. The minimum atomic E-state index is -0.405. The summed E-state index contributed by atoms with van der Waals surface area (Å²) in [6, 6.07) is 17.0. The normalized spacial score (nSPS) is 14.2. The van der Waals surface area contributed by atoms with Crippen molar-refractivity contribution in [2.75, 3.05) is 31.0 Å². The van der Waals surface area contributed by atoms with Crippen LogP contribution in [-0.4, -0.2) is 37.0 Å². The fraction of sp³-hybridized carbons (Fsp3) is 0.115. The molecule has 0 saturated carbocycles. The van der Waals surface area contributed by atoms with Gasteiger partial charge in [0.2, 0.25) is 0 Å². The summed E-state index contributed by atoms with van der Waals surface area (Å²) in [6.07, 6.45) is 1.73. The molecule has 1 aliphatic heterocycles. The Morgan fingerprint density at radius 1 is 1.03 bits per heavy atom. The van der Waals surface area contributed by atoms with Crippen LogP contribution >= 0.6 is 47.2 Å². The summed E-state index contributed by atoms with van der Waals surface area (Å²) in [5.41, 5.74) is 1.79. The van der Waals surface area contributed by atoms with Crippen LogP contribution < -0.4 is 24.4 Å². The second kappa shape index (κ2) is 11.9. The number of rotatable bonds is 8. The van der Waals surface area contributed by atoms with E-state index in [1.54, 1.807) is 67.8 Å². The first-order valence-corrected chi connectivity index (χ1v) is 12.7. The smallest absolute Gasteiger partial charge is 0.270 e. The molecule has 4 rings (SSSR count). The summed E-state index contributed by atoms with van der Waals surface area (Å²) >= 11 is 18.6. The van der Waals surface area contributed by atoms with E-state index in [1.807, 2.05) is 0 Å². The number of methoxy groups -OCH3 is 2. The molecule has 0 spiro atoms. The Hall–Kier alpha value is -3.24. The zero-order valence-corrected chi connectivity index (χ0v) is 22.8. The Bertz CT molecular complexity index is 1400. The van der Waals surface area contributed by atoms with Gasteiger partial charge in [-0.1, -0.05) is 53.2 Å². The molecule has 3 aromatic rings. The van der Waals surface area contributed by atoms with Gasteiger partial charge in [0.05, 0.1) is 35.5 Å². The van der Waals surface area contributed by atoms with E-state index in [-0.39, 0.29) is 12.5 Å². The topological polar surface area (TPSA) is 77.1 Å². The highest BCUT2D eigenvalue weighted by Gasteiger charge is 2.33. The Labute approximate surface area is 233 Å². The number of nitrogens with one attached hydrogen (secondary N) is 1. The second-order valence-electron chi connectivity index (χ2n) is 7.59. The number of thiocarbonyl (C=S) groups is 1. The third-order valence-corrected chi connectivity index (χ3v) is 7.02. The predicted octanol–water partition coefficient (Wildman–Crippen LogP) is 6.43. The van der Waals surface area contributed by atoms with Crippen LogP contribution in [-0.2, 0) is 9.59 Å². The molecule has 1 heterocycles. The maximum absolute atomic E-state index is 13.1. The van der Waals surface area contributed by atoms with Crippen LogP contribution in [0.15, 0.2) is 65.6 Å². The van der Waals surface area contributed by atoms with E-state index < -0.39 is 5.91 Å². The van der Waals surface area contributed by atoms with Crippen molar-refractivity contribution in [3.05, 3.63) is 81.2 Å². The fourth-order valence-corrected chi connectivity index (χ4v) is 5.14. The Balaban J connectivity index is 1.44. The van der Waals surface area contributed by atoms with Crippen molar-refractivity contribution in [2.24, 2.45) is 0 Å².